The van der Waals surface area contributed by atoms with Crippen molar-refractivity contribution in [1.29, 1.82) is 0 Å². The van der Waals surface area contributed by atoms with Gasteiger partial charge >= 0.3 is 0 Å². The van der Waals surface area contributed by atoms with Crippen molar-refractivity contribution >= 4 is 34.8 Å². The zero-order valence-corrected chi connectivity index (χ0v) is 18.2. The molecule has 0 aliphatic heterocycles. The molecule has 2 N–H and O–H groups in total. The van der Waals surface area contributed by atoms with Crippen LogP contribution in [0.4, 0.5) is 11.4 Å². The van der Waals surface area contributed by atoms with Gasteiger partial charge in [-0.25, -0.2) is 0 Å². The van der Waals surface area contributed by atoms with E-state index in [1.54, 1.807) is 30.3 Å². The van der Waals surface area contributed by atoms with Crippen LogP contribution in [0.5, 0.6) is 0 Å². The minimum atomic E-state index is -0.0937. The lowest BCUT2D eigenvalue weighted by Crippen LogP contribution is -2.13. The van der Waals surface area contributed by atoms with Crippen LogP contribution < -0.4 is 10.6 Å². The Bertz CT molecular complexity index is 1030. The van der Waals surface area contributed by atoms with Crippen LogP contribution in [0.15, 0.2) is 72.4 Å². The molecule has 1 aromatic heterocycles. The molecular formula is C23H25N5O2S. The van der Waals surface area contributed by atoms with Gasteiger partial charge in [0.2, 0.25) is 5.91 Å². The minimum Gasteiger partial charge on any atom is -0.378 e. The summed E-state index contributed by atoms with van der Waals surface area (Å²) in [6.45, 7) is 6.47. The number of anilines is 2. The number of carbonyl (C=O) groups excluding carboxylic acids is 2. The second-order valence-corrected chi connectivity index (χ2v) is 7.86. The van der Waals surface area contributed by atoms with Crippen LogP contribution in [0.25, 0.3) is 0 Å². The molecular weight excluding hydrogens is 410 g/mol. The van der Waals surface area contributed by atoms with Gasteiger partial charge in [-0.15, -0.1) is 16.8 Å². The SMILES string of the molecule is C=CCn1c(CNc2ccccc2)nnc1SCCC(=O)Nc1ccc(C(C)=O)cc1. The summed E-state index contributed by atoms with van der Waals surface area (Å²) in [5, 5.41) is 15.5. The second-order valence-electron chi connectivity index (χ2n) is 6.80. The average molecular weight is 436 g/mol. The quantitative estimate of drug-likeness (QED) is 0.264. The van der Waals surface area contributed by atoms with Gasteiger partial charge in [0.15, 0.2) is 16.8 Å². The molecule has 0 unspecified atom stereocenters. The van der Waals surface area contributed by atoms with Crippen molar-refractivity contribution in [2.45, 2.75) is 31.6 Å². The first kappa shape index (κ1) is 22.3. The van der Waals surface area contributed by atoms with Crippen molar-refractivity contribution < 1.29 is 9.59 Å². The number of aromatic nitrogens is 3. The number of benzene rings is 2. The van der Waals surface area contributed by atoms with Crippen LogP contribution in [0.3, 0.4) is 0 Å². The highest BCUT2D eigenvalue weighted by atomic mass is 32.2. The first-order chi connectivity index (χ1) is 15.1. The smallest absolute Gasteiger partial charge is 0.225 e. The van der Waals surface area contributed by atoms with E-state index in [1.807, 2.05) is 34.9 Å². The number of amides is 1. The van der Waals surface area contributed by atoms with Gasteiger partial charge in [-0.2, -0.15) is 0 Å². The molecule has 0 saturated carbocycles. The summed E-state index contributed by atoms with van der Waals surface area (Å²) < 4.78 is 1.99. The highest BCUT2D eigenvalue weighted by molar-refractivity contribution is 7.99. The summed E-state index contributed by atoms with van der Waals surface area (Å²) in [7, 11) is 0. The predicted molar refractivity (Wildman–Crippen MR) is 124 cm³/mol. The fraction of sp³-hybridized carbons (Fsp3) is 0.217. The van der Waals surface area contributed by atoms with Gasteiger partial charge in [-0.1, -0.05) is 36.0 Å². The summed E-state index contributed by atoms with van der Waals surface area (Å²) in [6.07, 6.45) is 2.13. The average Bonchev–Trinajstić information content (AvgIpc) is 3.15. The molecule has 8 heteroatoms. The zero-order chi connectivity index (χ0) is 22.1. The summed E-state index contributed by atoms with van der Waals surface area (Å²) in [5.41, 5.74) is 2.30. The Morgan fingerprint density at radius 3 is 2.48 bits per heavy atom. The Kier molecular flexibility index (Phi) is 8.00. The summed E-state index contributed by atoms with van der Waals surface area (Å²) in [6, 6.07) is 16.8. The van der Waals surface area contributed by atoms with Crippen LogP contribution >= 0.6 is 11.8 Å². The third kappa shape index (κ3) is 6.55. The second kappa shape index (κ2) is 11.1. The summed E-state index contributed by atoms with van der Waals surface area (Å²) in [5.74, 6) is 1.28. The van der Waals surface area contributed by atoms with E-state index in [0.29, 0.717) is 36.5 Å². The van der Waals surface area contributed by atoms with Gasteiger partial charge in [0.05, 0.1) is 6.54 Å². The molecule has 31 heavy (non-hydrogen) atoms. The highest BCUT2D eigenvalue weighted by Gasteiger charge is 2.12. The van der Waals surface area contributed by atoms with Crippen LogP contribution in [0.1, 0.15) is 29.5 Å². The van der Waals surface area contributed by atoms with Crippen LogP contribution in [0, 0.1) is 0 Å². The summed E-state index contributed by atoms with van der Waals surface area (Å²) in [4.78, 5) is 23.6. The predicted octanol–water partition coefficient (Wildman–Crippen LogP) is 4.40. The van der Waals surface area contributed by atoms with Gasteiger partial charge < -0.3 is 15.2 Å². The first-order valence-electron chi connectivity index (χ1n) is 9.92. The van der Waals surface area contributed by atoms with E-state index in [1.165, 1.54) is 18.7 Å². The topological polar surface area (TPSA) is 88.9 Å². The van der Waals surface area contributed by atoms with E-state index in [4.69, 9.17) is 0 Å². The normalized spacial score (nSPS) is 10.5. The number of carbonyl (C=O) groups is 2. The third-order valence-corrected chi connectivity index (χ3v) is 5.43. The van der Waals surface area contributed by atoms with Gasteiger partial charge in [-0.05, 0) is 43.3 Å². The van der Waals surface area contributed by atoms with Crippen molar-refractivity contribution in [2.24, 2.45) is 0 Å². The molecule has 3 rings (SSSR count). The maximum atomic E-state index is 12.2. The molecule has 0 aliphatic carbocycles. The maximum Gasteiger partial charge on any atom is 0.225 e. The number of rotatable bonds is 11. The number of para-hydroxylation sites is 1. The molecule has 2 aromatic carbocycles. The van der Waals surface area contributed by atoms with Crippen LogP contribution in [-0.2, 0) is 17.9 Å². The monoisotopic (exact) mass is 435 g/mol. The van der Waals surface area contributed by atoms with Crippen molar-refractivity contribution in [3.63, 3.8) is 0 Å². The molecule has 160 valence electrons. The van der Waals surface area contributed by atoms with Crippen LogP contribution in [0.2, 0.25) is 0 Å². The van der Waals surface area contributed by atoms with E-state index in [2.05, 4.69) is 27.4 Å². The number of nitrogens with one attached hydrogen (secondary N) is 2. The number of hydrogen-bond donors (Lipinski definition) is 2. The highest BCUT2D eigenvalue weighted by Crippen LogP contribution is 2.19. The largest absolute Gasteiger partial charge is 0.378 e. The number of Topliss-reactive ketones (excluding diaryl/α,β-unsaturated/α-hetero) is 1. The van der Waals surface area contributed by atoms with E-state index in [9.17, 15) is 9.59 Å². The number of hydrogen-bond acceptors (Lipinski definition) is 6. The van der Waals surface area contributed by atoms with Crippen molar-refractivity contribution in [1.82, 2.24) is 14.8 Å². The van der Waals surface area contributed by atoms with Crippen molar-refractivity contribution in [3.8, 4) is 0 Å². The molecule has 0 bridgehead atoms. The Morgan fingerprint density at radius 1 is 1.06 bits per heavy atom. The fourth-order valence-electron chi connectivity index (χ4n) is 2.85. The van der Waals surface area contributed by atoms with Crippen LogP contribution in [-0.4, -0.2) is 32.2 Å². The Hall–Kier alpha value is -3.39. The molecule has 1 amide bonds. The van der Waals surface area contributed by atoms with E-state index < -0.39 is 0 Å². The number of nitrogens with zero attached hydrogens (tertiary/aromatic N) is 3. The molecule has 0 radical (unpaired) electrons. The van der Waals surface area contributed by atoms with Gasteiger partial charge in [0.25, 0.3) is 0 Å². The van der Waals surface area contributed by atoms with Gasteiger partial charge in [-0.3, -0.25) is 9.59 Å². The van der Waals surface area contributed by atoms with Gasteiger partial charge in [0.1, 0.15) is 0 Å². The first-order valence-corrected chi connectivity index (χ1v) is 10.9. The Morgan fingerprint density at radius 2 is 1.81 bits per heavy atom. The lowest BCUT2D eigenvalue weighted by Gasteiger charge is -2.09. The number of ketones is 1. The maximum absolute atomic E-state index is 12.2. The standard InChI is InChI=1S/C23H25N5O2S/c1-3-14-28-21(16-24-19-7-5-4-6-8-19)26-27-23(28)31-15-13-22(30)25-20-11-9-18(10-12-20)17(2)29/h3-12,24H,1,13-16H2,2H3,(H,25,30). The fourth-order valence-corrected chi connectivity index (χ4v) is 3.76. The van der Waals surface area contributed by atoms with E-state index in [-0.39, 0.29) is 11.7 Å². The van der Waals surface area contributed by atoms with Gasteiger partial charge in [0, 0.05) is 35.7 Å². The van der Waals surface area contributed by atoms with E-state index in [0.717, 1.165) is 16.7 Å². The number of thioether (sulfide) groups is 1. The lowest BCUT2D eigenvalue weighted by atomic mass is 10.1. The third-order valence-electron chi connectivity index (χ3n) is 4.47. The summed E-state index contributed by atoms with van der Waals surface area (Å²) >= 11 is 1.48. The number of allylic oxidation sites excluding steroid dienone is 1. The Balaban J connectivity index is 1.52. The van der Waals surface area contributed by atoms with Crippen molar-refractivity contribution in [2.75, 3.05) is 16.4 Å². The molecule has 3 aromatic rings. The molecule has 0 fully saturated rings. The Labute approximate surface area is 186 Å². The molecule has 0 saturated heterocycles. The molecule has 0 spiro atoms. The zero-order valence-electron chi connectivity index (χ0n) is 17.4. The van der Waals surface area contributed by atoms with E-state index >= 15 is 0 Å². The molecule has 1 heterocycles. The van der Waals surface area contributed by atoms with Crippen molar-refractivity contribution in [3.05, 3.63) is 78.6 Å². The lowest BCUT2D eigenvalue weighted by molar-refractivity contribution is -0.115. The minimum absolute atomic E-state index is 0.00347. The molecule has 0 atom stereocenters. The molecule has 7 nitrogen and oxygen atoms in total. The molecule has 0 aliphatic rings.